The molecule has 0 unspecified atom stereocenters. The Morgan fingerprint density at radius 2 is 1.89 bits per heavy atom. The molecule has 0 bridgehead atoms. The summed E-state index contributed by atoms with van der Waals surface area (Å²) in [5, 5.41) is 21.5. The van der Waals surface area contributed by atoms with Crippen LogP contribution >= 0.6 is 0 Å². The molecule has 1 aliphatic carbocycles. The number of hydrogen-bond acceptors (Lipinski definition) is 5. The number of nitrogens with one attached hydrogen (secondary N) is 1. The van der Waals surface area contributed by atoms with Crippen LogP contribution in [0.15, 0.2) is 29.1 Å². The third-order valence-electron chi connectivity index (χ3n) is 4.80. The summed E-state index contributed by atoms with van der Waals surface area (Å²) in [6.45, 7) is -0.321. The molecule has 1 amide bonds. The van der Waals surface area contributed by atoms with E-state index in [1.165, 1.54) is 6.42 Å². The Bertz CT molecular complexity index is 914. The number of benzene rings is 1. The predicted octanol–water partition coefficient (Wildman–Crippen LogP) is 1.53. The Kier molecular flexibility index (Phi) is 5.63. The summed E-state index contributed by atoms with van der Waals surface area (Å²) in [5.41, 5.74) is -0.992. The lowest BCUT2D eigenvalue weighted by molar-refractivity contribution is -0.135. The predicted molar refractivity (Wildman–Crippen MR) is 97.9 cm³/mol. The van der Waals surface area contributed by atoms with E-state index in [0.717, 1.165) is 30.4 Å². The van der Waals surface area contributed by atoms with E-state index in [-0.39, 0.29) is 5.39 Å². The summed E-state index contributed by atoms with van der Waals surface area (Å²) in [6.07, 6.45) is 5.50. The first kappa shape index (κ1) is 18.8. The van der Waals surface area contributed by atoms with E-state index < -0.39 is 35.3 Å². The fourth-order valence-corrected chi connectivity index (χ4v) is 3.41. The smallest absolute Gasteiger partial charge is 0.322 e. The average molecular weight is 374 g/mol. The van der Waals surface area contributed by atoms with Gasteiger partial charge >= 0.3 is 5.97 Å². The number of carbonyl (C=O) groups excluding carboxylic acids is 1. The van der Waals surface area contributed by atoms with E-state index in [2.05, 4.69) is 5.32 Å². The van der Waals surface area contributed by atoms with Crippen LogP contribution in [0.5, 0.6) is 5.75 Å². The molecule has 3 N–H and O–H groups in total. The summed E-state index contributed by atoms with van der Waals surface area (Å²) in [7, 11) is 0. The molecule has 0 radical (unpaired) electrons. The van der Waals surface area contributed by atoms with Gasteiger partial charge < -0.3 is 20.4 Å². The zero-order valence-corrected chi connectivity index (χ0v) is 14.8. The SMILES string of the molecule is O=C(O)CNC(=O)c1c(O)c2ccccc2n(OCC2CCCCC2)c1=O. The van der Waals surface area contributed by atoms with Crippen LogP contribution in [-0.4, -0.2) is 40.0 Å². The molecular formula is C19H22N2O6. The zero-order valence-electron chi connectivity index (χ0n) is 14.8. The number of aromatic hydroxyl groups is 1. The molecule has 0 aliphatic heterocycles. The van der Waals surface area contributed by atoms with Gasteiger partial charge in [0.1, 0.15) is 18.9 Å². The summed E-state index contributed by atoms with van der Waals surface area (Å²) in [6, 6.07) is 6.55. The lowest BCUT2D eigenvalue weighted by Gasteiger charge is -2.22. The van der Waals surface area contributed by atoms with E-state index in [4.69, 9.17) is 9.94 Å². The Balaban J connectivity index is 1.99. The first-order valence-electron chi connectivity index (χ1n) is 8.99. The van der Waals surface area contributed by atoms with Crippen molar-refractivity contribution in [2.45, 2.75) is 32.1 Å². The standard InChI is InChI=1S/C19H22N2O6/c22-15(23)10-20-18(25)16-17(24)13-8-4-5-9-14(13)21(19(16)26)27-11-12-6-2-1-3-7-12/h4-5,8-9,12,24H,1-3,6-7,10-11H2,(H,20,25)(H,22,23). The molecule has 8 heteroatoms. The van der Waals surface area contributed by atoms with Crippen molar-refractivity contribution >= 4 is 22.8 Å². The Morgan fingerprint density at radius 1 is 1.19 bits per heavy atom. The molecule has 0 saturated heterocycles. The molecule has 144 valence electrons. The average Bonchev–Trinajstić information content (AvgIpc) is 2.67. The van der Waals surface area contributed by atoms with Crippen LogP contribution in [0.2, 0.25) is 0 Å². The van der Waals surface area contributed by atoms with Gasteiger partial charge in [0.25, 0.3) is 11.5 Å². The topological polar surface area (TPSA) is 118 Å². The molecule has 1 aliphatic rings. The monoisotopic (exact) mass is 374 g/mol. The maximum absolute atomic E-state index is 12.8. The molecule has 8 nitrogen and oxygen atoms in total. The highest BCUT2D eigenvalue weighted by atomic mass is 16.7. The van der Waals surface area contributed by atoms with Crippen LogP contribution in [-0.2, 0) is 4.79 Å². The summed E-state index contributed by atoms with van der Waals surface area (Å²) >= 11 is 0. The highest BCUT2D eigenvalue weighted by molar-refractivity contribution is 6.02. The van der Waals surface area contributed by atoms with Gasteiger partial charge in [-0.25, -0.2) is 0 Å². The van der Waals surface area contributed by atoms with Crippen molar-refractivity contribution in [3.05, 3.63) is 40.2 Å². The van der Waals surface area contributed by atoms with Crippen LogP contribution < -0.4 is 15.7 Å². The molecule has 27 heavy (non-hydrogen) atoms. The van der Waals surface area contributed by atoms with E-state index in [1.54, 1.807) is 24.3 Å². The minimum atomic E-state index is -1.25. The van der Waals surface area contributed by atoms with Gasteiger partial charge in [0.2, 0.25) is 0 Å². The van der Waals surface area contributed by atoms with Gasteiger partial charge in [-0.1, -0.05) is 31.4 Å². The number of nitrogens with zero attached hydrogens (tertiary/aromatic N) is 1. The third-order valence-corrected chi connectivity index (χ3v) is 4.80. The number of carboxylic acid groups (broad SMARTS) is 1. The van der Waals surface area contributed by atoms with Crippen LogP contribution in [0.25, 0.3) is 10.9 Å². The van der Waals surface area contributed by atoms with E-state index in [0.29, 0.717) is 18.0 Å². The Hall–Kier alpha value is -3.03. The quantitative estimate of drug-likeness (QED) is 0.706. The normalized spacial score (nSPS) is 14.8. The van der Waals surface area contributed by atoms with Crippen molar-refractivity contribution in [1.29, 1.82) is 0 Å². The number of fused-ring (bicyclic) bond motifs is 1. The van der Waals surface area contributed by atoms with Crippen molar-refractivity contribution in [2.24, 2.45) is 5.92 Å². The minimum absolute atomic E-state index is 0.279. The molecule has 1 fully saturated rings. The Morgan fingerprint density at radius 3 is 2.59 bits per heavy atom. The van der Waals surface area contributed by atoms with Crippen molar-refractivity contribution in [1.82, 2.24) is 10.0 Å². The van der Waals surface area contributed by atoms with Gasteiger partial charge in [-0.15, -0.1) is 4.73 Å². The molecule has 3 rings (SSSR count). The van der Waals surface area contributed by atoms with E-state index >= 15 is 0 Å². The van der Waals surface area contributed by atoms with E-state index in [1.807, 2.05) is 0 Å². The molecule has 1 aromatic carbocycles. The summed E-state index contributed by atoms with van der Waals surface area (Å²) in [5.74, 6) is -2.36. The fourth-order valence-electron chi connectivity index (χ4n) is 3.41. The number of amides is 1. The second-order valence-corrected chi connectivity index (χ2v) is 6.72. The second-order valence-electron chi connectivity index (χ2n) is 6.72. The summed E-state index contributed by atoms with van der Waals surface area (Å²) < 4.78 is 1.03. The number of hydrogen-bond donors (Lipinski definition) is 3. The van der Waals surface area contributed by atoms with Crippen LogP contribution in [0.1, 0.15) is 42.5 Å². The van der Waals surface area contributed by atoms with Gasteiger partial charge in [-0.2, -0.15) is 0 Å². The number of carboxylic acids is 1. The van der Waals surface area contributed by atoms with Crippen LogP contribution in [0, 0.1) is 5.92 Å². The number of aromatic nitrogens is 1. The second kappa shape index (κ2) is 8.11. The van der Waals surface area contributed by atoms with Gasteiger partial charge in [0.05, 0.1) is 5.52 Å². The van der Waals surface area contributed by atoms with Crippen LogP contribution in [0.3, 0.4) is 0 Å². The number of rotatable bonds is 6. The minimum Gasteiger partial charge on any atom is -0.506 e. The lowest BCUT2D eigenvalue weighted by Crippen LogP contribution is -2.38. The van der Waals surface area contributed by atoms with Gasteiger partial charge in [-0.05, 0) is 30.9 Å². The number of carbonyl (C=O) groups is 2. The maximum atomic E-state index is 12.8. The van der Waals surface area contributed by atoms with Crippen molar-refractivity contribution in [3.63, 3.8) is 0 Å². The fraction of sp³-hybridized carbons (Fsp3) is 0.421. The van der Waals surface area contributed by atoms with Crippen molar-refractivity contribution < 1.29 is 24.6 Å². The lowest BCUT2D eigenvalue weighted by atomic mass is 9.90. The zero-order chi connectivity index (χ0) is 19.4. The van der Waals surface area contributed by atoms with E-state index in [9.17, 15) is 19.5 Å². The molecular weight excluding hydrogens is 352 g/mol. The van der Waals surface area contributed by atoms with Crippen molar-refractivity contribution in [3.8, 4) is 5.75 Å². The van der Waals surface area contributed by atoms with Gasteiger partial charge in [0.15, 0.2) is 5.56 Å². The molecule has 0 atom stereocenters. The van der Waals surface area contributed by atoms with Crippen LogP contribution in [0.4, 0.5) is 0 Å². The summed E-state index contributed by atoms with van der Waals surface area (Å²) in [4.78, 5) is 41.6. The molecule has 1 saturated carbocycles. The largest absolute Gasteiger partial charge is 0.506 e. The first-order valence-corrected chi connectivity index (χ1v) is 8.99. The molecule has 1 heterocycles. The number of pyridine rings is 1. The third kappa shape index (κ3) is 4.05. The van der Waals surface area contributed by atoms with Gasteiger partial charge in [0, 0.05) is 5.39 Å². The van der Waals surface area contributed by atoms with Gasteiger partial charge in [-0.3, -0.25) is 14.4 Å². The first-order chi connectivity index (χ1) is 13.0. The van der Waals surface area contributed by atoms with Crippen molar-refractivity contribution in [2.75, 3.05) is 13.2 Å². The Labute approximate surface area is 155 Å². The molecule has 2 aromatic rings. The maximum Gasteiger partial charge on any atom is 0.322 e. The number of aliphatic carboxylic acids is 1. The highest BCUT2D eigenvalue weighted by Gasteiger charge is 2.24. The number of para-hydroxylation sites is 1. The highest BCUT2D eigenvalue weighted by Crippen LogP contribution is 2.27. The molecule has 0 spiro atoms. The molecule has 1 aromatic heterocycles.